The van der Waals surface area contributed by atoms with E-state index in [9.17, 15) is 0 Å². The number of rotatable bonds is 3. The van der Waals surface area contributed by atoms with Gasteiger partial charge in [-0.05, 0) is 63.2 Å². The van der Waals surface area contributed by atoms with E-state index in [2.05, 4.69) is 24.1 Å². The van der Waals surface area contributed by atoms with Crippen LogP contribution >= 0.6 is 0 Å². The Balaban J connectivity index is 1.65. The number of nitrogens with zero attached hydrogens (tertiary/aromatic N) is 1. The lowest BCUT2D eigenvalue weighted by Crippen LogP contribution is -2.33. The van der Waals surface area contributed by atoms with Crippen LogP contribution in [-0.4, -0.2) is 37.6 Å². The maximum atomic E-state index is 3.51. The fraction of sp³-hybridized carbons (Fsp3) is 1.00. The molecule has 2 saturated heterocycles. The molecule has 1 N–H and O–H groups in total. The van der Waals surface area contributed by atoms with E-state index in [0.29, 0.717) is 5.41 Å². The number of hydrogen-bond donors (Lipinski definition) is 1. The molecule has 0 aromatic carbocycles. The van der Waals surface area contributed by atoms with Crippen molar-refractivity contribution >= 4 is 0 Å². The van der Waals surface area contributed by atoms with Gasteiger partial charge in [-0.15, -0.1) is 0 Å². The summed E-state index contributed by atoms with van der Waals surface area (Å²) in [7, 11) is 0. The Morgan fingerprint density at radius 3 is 2.87 bits per heavy atom. The summed E-state index contributed by atoms with van der Waals surface area (Å²) in [5, 5.41) is 3.51. The van der Waals surface area contributed by atoms with Gasteiger partial charge >= 0.3 is 0 Å². The minimum atomic E-state index is 0.574. The van der Waals surface area contributed by atoms with Crippen LogP contribution in [0.3, 0.4) is 0 Å². The van der Waals surface area contributed by atoms with E-state index in [1.54, 1.807) is 0 Å². The van der Waals surface area contributed by atoms with Crippen LogP contribution in [0.2, 0.25) is 0 Å². The van der Waals surface area contributed by atoms with Gasteiger partial charge in [-0.1, -0.05) is 13.8 Å². The third-order valence-electron chi connectivity index (χ3n) is 4.01. The number of piperidine rings is 1. The van der Waals surface area contributed by atoms with E-state index in [-0.39, 0.29) is 0 Å². The Morgan fingerprint density at radius 1 is 1.40 bits per heavy atom. The molecule has 0 saturated carbocycles. The predicted molar refractivity (Wildman–Crippen MR) is 65.0 cm³/mol. The van der Waals surface area contributed by atoms with E-state index >= 15 is 0 Å². The smallest absolute Gasteiger partial charge is 0.00332 e. The third-order valence-corrected chi connectivity index (χ3v) is 4.01. The number of likely N-dealkylation sites (tertiary alicyclic amines) is 1. The van der Waals surface area contributed by atoms with Crippen LogP contribution in [-0.2, 0) is 0 Å². The van der Waals surface area contributed by atoms with Gasteiger partial charge in [-0.3, -0.25) is 0 Å². The first kappa shape index (κ1) is 11.4. The molecule has 1 atom stereocenters. The first-order chi connectivity index (χ1) is 7.16. The highest BCUT2D eigenvalue weighted by molar-refractivity contribution is 4.83. The van der Waals surface area contributed by atoms with Gasteiger partial charge in [-0.25, -0.2) is 0 Å². The van der Waals surface area contributed by atoms with Gasteiger partial charge in [-0.2, -0.15) is 0 Å². The normalized spacial score (nSPS) is 32.0. The number of hydrogen-bond acceptors (Lipinski definition) is 2. The maximum absolute atomic E-state index is 3.51. The molecule has 2 heterocycles. The molecule has 0 amide bonds. The van der Waals surface area contributed by atoms with E-state index < -0.39 is 0 Å². The lowest BCUT2D eigenvalue weighted by molar-refractivity contribution is 0.252. The van der Waals surface area contributed by atoms with Gasteiger partial charge in [0.1, 0.15) is 0 Å². The summed E-state index contributed by atoms with van der Waals surface area (Å²) < 4.78 is 0. The molecule has 0 aromatic heterocycles. The van der Waals surface area contributed by atoms with E-state index in [1.165, 1.54) is 58.4 Å². The summed E-state index contributed by atoms with van der Waals surface area (Å²) >= 11 is 0. The van der Waals surface area contributed by atoms with E-state index in [0.717, 1.165) is 5.92 Å². The molecule has 2 fully saturated rings. The van der Waals surface area contributed by atoms with Crippen LogP contribution in [0.1, 0.15) is 39.5 Å². The molecule has 0 aliphatic carbocycles. The molecule has 88 valence electrons. The molecule has 2 nitrogen and oxygen atoms in total. The molecule has 0 bridgehead atoms. The van der Waals surface area contributed by atoms with Crippen molar-refractivity contribution in [1.82, 2.24) is 10.2 Å². The highest BCUT2D eigenvalue weighted by Gasteiger charge is 2.29. The van der Waals surface area contributed by atoms with E-state index in [4.69, 9.17) is 0 Å². The van der Waals surface area contributed by atoms with Gasteiger partial charge in [0, 0.05) is 6.54 Å². The first-order valence-electron chi connectivity index (χ1n) is 6.59. The summed E-state index contributed by atoms with van der Waals surface area (Å²) in [5.41, 5.74) is 0.574. The Morgan fingerprint density at radius 2 is 2.27 bits per heavy atom. The van der Waals surface area contributed by atoms with Crippen LogP contribution in [0.5, 0.6) is 0 Å². The van der Waals surface area contributed by atoms with Gasteiger partial charge in [0.15, 0.2) is 0 Å². The molecule has 2 heteroatoms. The Labute approximate surface area is 94.4 Å². The zero-order valence-electron chi connectivity index (χ0n) is 10.4. The monoisotopic (exact) mass is 210 g/mol. The predicted octanol–water partition coefficient (Wildman–Crippen LogP) is 2.11. The second kappa shape index (κ2) is 4.84. The zero-order chi connectivity index (χ0) is 10.7. The molecule has 0 aromatic rings. The Bertz CT molecular complexity index is 195. The van der Waals surface area contributed by atoms with Gasteiger partial charge < -0.3 is 10.2 Å². The van der Waals surface area contributed by atoms with Crippen molar-refractivity contribution in [1.29, 1.82) is 0 Å². The minimum Gasteiger partial charge on any atom is -0.316 e. The number of nitrogens with one attached hydrogen (secondary N) is 1. The van der Waals surface area contributed by atoms with Crippen LogP contribution in [0.25, 0.3) is 0 Å². The van der Waals surface area contributed by atoms with Crippen molar-refractivity contribution in [2.45, 2.75) is 39.5 Å². The summed E-state index contributed by atoms with van der Waals surface area (Å²) in [4.78, 5) is 2.66. The summed E-state index contributed by atoms with van der Waals surface area (Å²) in [6.07, 6.45) is 5.62. The molecular formula is C13H26N2. The molecule has 15 heavy (non-hydrogen) atoms. The van der Waals surface area contributed by atoms with Crippen LogP contribution in [0.4, 0.5) is 0 Å². The fourth-order valence-electron chi connectivity index (χ4n) is 2.95. The fourth-order valence-corrected chi connectivity index (χ4v) is 2.95. The molecule has 1 unspecified atom stereocenters. The van der Waals surface area contributed by atoms with E-state index in [1.807, 2.05) is 0 Å². The maximum Gasteiger partial charge on any atom is 0.00332 e. The van der Waals surface area contributed by atoms with Gasteiger partial charge in [0.25, 0.3) is 0 Å². The van der Waals surface area contributed by atoms with Crippen molar-refractivity contribution in [2.75, 3.05) is 32.7 Å². The lowest BCUT2D eigenvalue weighted by atomic mass is 9.93. The molecular weight excluding hydrogens is 184 g/mol. The first-order valence-corrected chi connectivity index (χ1v) is 6.59. The topological polar surface area (TPSA) is 15.3 Å². The quantitative estimate of drug-likeness (QED) is 0.767. The molecule has 2 rings (SSSR count). The van der Waals surface area contributed by atoms with Crippen LogP contribution < -0.4 is 5.32 Å². The molecule has 2 aliphatic rings. The SMILES string of the molecule is CC1(C)CCN(CCC2CCCNC2)C1. The molecule has 0 radical (unpaired) electrons. The average molecular weight is 210 g/mol. The third kappa shape index (κ3) is 3.46. The summed E-state index contributed by atoms with van der Waals surface area (Å²) in [6, 6.07) is 0. The lowest BCUT2D eigenvalue weighted by Gasteiger charge is -2.25. The summed E-state index contributed by atoms with van der Waals surface area (Å²) in [5.74, 6) is 0.947. The highest BCUT2D eigenvalue weighted by Crippen LogP contribution is 2.29. The minimum absolute atomic E-state index is 0.574. The standard InChI is InChI=1S/C13H26N2/c1-13(2)6-9-15(11-13)8-5-12-4-3-7-14-10-12/h12,14H,3-11H2,1-2H3. The Hall–Kier alpha value is -0.0800. The van der Waals surface area contributed by atoms with Crippen molar-refractivity contribution in [2.24, 2.45) is 11.3 Å². The highest BCUT2D eigenvalue weighted by atomic mass is 15.1. The van der Waals surface area contributed by atoms with Crippen molar-refractivity contribution in [3.05, 3.63) is 0 Å². The van der Waals surface area contributed by atoms with Crippen molar-refractivity contribution in [3.8, 4) is 0 Å². The van der Waals surface area contributed by atoms with Crippen molar-refractivity contribution in [3.63, 3.8) is 0 Å². The van der Waals surface area contributed by atoms with Gasteiger partial charge in [0.2, 0.25) is 0 Å². The van der Waals surface area contributed by atoms with Crippen molar-refractivity contribution < 1.29 is 0 Å². The summed E-state index contributed by atoms with van der Waals surface area (Å²) in [6.45, 7) is 11.3. The van der Waals surface area contributed by atoms with Crippen LogP contribution in [0, 0.1) is 11.3 Å². The second-order valence-corrected chi connectivity index (χ2v) is 6.19. The average Bonchev–Trinajstić information content (AvgIpc) is 2.57. The second-order valence-electron chi connectivity index (χ2n) is 6.19. The molecule has 2 aliphatic heterocycles. The Kier molecular flexibility index (Phi) is 3.68. The largest absolute Gasteiger partial charge is 0.316 e. The zero-order valence-corrected chi connectivity index (χ0v) is 10.4. The van der Waals surface area contributed by atoms with Crippen LogP contribution in [0.15, 0.2) is 0 Å². The van der Waals surface area contributed by atoms with Gasteiger partial charge in [0.05, 0.1) is 0 Å². The molecule has 0 spiro atoms.